The average Bonchev–Trinajstić information content (AvgIpc) is 2.75. The third-order valence-electron chi connectivity index (χ3n) is 3.70. The van der Waals surface area contributed by atoms with Crippen molar-refractivity contribution < 1.29 is 0 Å². The zero-order chi connectivity index (χ0) is 13.4. The van der Waals surface area contributed by atoms with Crippen molar-refractivity contribution in [3.05, 3.63) is 60.2 Å². The maximum absolute atomic E-state index is 3.90. The minimum absolute atomic E-state index is 1.20. The Labute approximate surface area is 113 Å². The van der Waals surface area contributed by atoms with Crippen molar-refractivity contribution in [2.45, 2.75) is 13.8 Å². The molecule has 94 valence electrons. The van der Waals surface area contributed by atoms with Crippen molar-refractivity contribution in [3.8, 4) is 0 Å². The molecule has 1 heteroatoms. The molecular formula is C18H17N. The molecular weight excluding hydrogens is 230 g/mol. The van der Waals surface area contributed by atoms with Gasteiger partial charge in [0.2, 0.25) is 0 Å². The highest BCUT2D eigenvalue weighted by molar-refractivity contribution is 6.11. The molecule has 19 heavy (non-hydrogen) atoms. The lowest BCUT2D eigenvalue weighted by atomic mass is 10.0. The lowest BCUT2D eigenvalue weighted by Gasteiger charge is -2.04. The van der Waals surface area contributed by atoms with Gasteiger partial charge in [-0.3, -0.25) is 0 Å². The summed E-state index contributed by atoms with van der Waals surface area (Å²) >= 11 is 0. The van der Waals surface area contributed by atoms with Crippen LogP contribution in [0.5, 0.6) is 0 Å². The van der Waals surface area contributed by atoms with Gasteiger partial charge in [-0.25, -0.2) is 0 Å². The van der Waals surface area contributed by atoms with Crippen LogP contribution in [0.1, 0.15) is 18.1 Å². The van der Waals surface area contributed by atoms with E-state index in [1.807, 2.05) is 13.0 Å². The van der Waals surface area contributed by atoms with Crippen LogP contribution in [-0.4, -0.2) is 4.57 Å². The Morgan fingerprint density at radius 2 is 1.84 bits per heavy atom. The number of rotatable bonds is 2. The first-order valence-corrected chi connectivity index (χ1v) is 6.55. The molecule has 3 rings (SSSR count). The Balaban J connectivity index is 2.60. The van der Waals surface area contributed by atoms with Crippen LogP contribution in [0.2, 0.25) is 0 Å². The van der Waals surface area contributed by atoms with Gasteiger partial charge < -0.3 is 4.57 Å². The molecule has 0 saturated carbocycles. The molecule has 0 aliphatic carbocycles. The molecule has 3 aromatic rings. The molecule has 0 saturated heterocycles. The molecule has 1 nitrogen and oxygen atoms in total. The van der Waals surface area contributed by atoms with E-state index in [2.05, 4.69) is 66.7 Å². The van der Waals surface area contributed by atoms with E-state index in [0.717, 1.165) is 0 Å². The average molecular weight is 247 g/mol. The fraction of sp³-hybridized carbons (Fsp3) is 0.111. The highest BCUT2D eigenvalue weighted by atomic mass is 14.9. The molecule has 2 aromatic carbocycles. The number of nitrogens with zero attached hydrogens (tertiary/aromatic N) is 1. The summed E-state index contributed by atoms with van der Waals surface area (Å²) in [4.78, 5) is 0. The maximum Gasteiger partial charge on any atom is 0.0537 e. The lowest BCUT2D eigenvalue weighted by Crippen LogP contribution is -1.86. The van der Waals surface area contributed by atoms with Crippen LogP contribution in [0.15, 0.2) is 49.1 Å². The maximum atomic E-state index is 3.90. The third kappa shape index (κ3) is 1.62. The monoisotopic (exact) mass is 247 g/mol. The highest BCUT2D eigenvalue weighted by Gasteiger charge is 2.11. The molecule has 0 N–H and O–H groups in total. The molecule has 1 aromatic heterocycles. The van der Waals surface area contributed by atoms with Gasteiger partial charge in [-0.1, -0.05) is 43.0 Å². The van der Waals surface area contributed by atoms with Crippen LogP contribution in [0.25, 0.3) is 34.1 Å². The van der Waals surface area contributed by atoms with Gasteiger partial charge in [0.1, 0.15) is 0 Å². The van der Waals surface area contributed by atoms with Crippen molar-refractivity contribution >= 4 is 34.1 Å². The first-order chi connectivity index (χ1) is 9.27. The standard InChI is InChI=1S/C18H17N/c1-4-12-19-16-9-7-6-8-15(16)18-13(3)14(5-2)10-11-17(18)19/h4-12H,2H2,1,3H3. The topological polar surface area (TPSA) is 4.93 Å². The summed E-state index contributed by atoms with van der Waals surface area (Å²) in [6.07, 6.45) is 6.12. The van der Waals surface area contributed by atoms with E-state index >= 15 is 0 Å². The van der Waals surface area contributed by atoms with E-state index in [-0.39, 0.29) is 0 Å². The van der Waals surface area contributed by atoms with Crippen molar-refractivity contribution in [1.29, 1.82) is 0 Å². The molecule has 0 unspecified atom stereocenters. The number of aryl methyl sites for hydroxylation is 1. The third-order valence-corrected chi connectivity index (χ3v) is 3.70. The van der Waals surface area contributed by atoms with Crippen LogP contribution in [-0.2, 0) is 0 Å². The molecule has 0 atom stereocenters. The number of hydrogen-bond acceptors (Lipinski definition) is 0. The summed E-state index contributed by atoms with van der Waals surface area (Å²) in [7, 11) is 0. The first kappa shape index (κ1) is 11.8. The van der Waals surface area contributed by atoms with Crippen LogP contribution >= 0.6 is 0 Å². The molecule has 0 fully saturated rings. The minimum atomic E-state index is 1.20. The Bertz CT molecular complexity index is 803. The van der Waals surface area contributed by atoms with Gasteiger partial charge in [-0.15, -0.1) is 0 Å². The van der Waals surface area contributed by atoms with Gasteiger partial charge in [-0.2, -0.15) is 0 Å². The summed E-state index contributed by atoms with van der Waals surface area (Å²) in [5.41, 5.74) is 5.00. The van der Waals surface area contributed by atoms with Gasteiger partial charge in [0.05, 0.1) is 11.0 Å². The molecule has 0 radical (unpaired) electrons. The zero-order valence-electron chi connectivity index (χ0n) is 11.4. The van der Waals surface area contributed by atoms with E-state index in [0.29, 0.717) is 0 Å². The van der Waals surface area contributed by atoms with Crippen molar-refractivity contribution in [2.75, 3.05) is 0 Å². The summed E-state index contributed by atoms with van der Waals surface area (Å²) in [5, 5.41) is 2.63. The van der Waals surface area contributed by atoms with Crippen molar-refractivity contribution in [3.63, 3.8) is 0 Å². The summed E-state index contributed by atoms with van der Waals surface area (Å²) < 4.78 is 2.25. The lowest BCUT2D eigenvalue weighted by molar-refractivity contribution is 1.28. The van der Waals surface area contributed by atoms with E-state index in [1.165, 1.54) is 32.9 Å². The van der Waals surface area contributed by atoms with Gasteiger partial charge in [0, 0.05) is 17.0 Å². The normalized spacial score (nSPS) is 11.7. The minimum Gasteiger partial charge on any atom is -0.316 e. The van der Waals surface area contributed by atoms with Crippen LogP contribution in [0.4, 0.5) is 0 Å². The Kier molecular flexibility index (Phi) is 2.75. The number of aromatic nitrogens is 1. The van der Waals surface area contributed by atoms with Gasteiger partial charge in [0.15, 0.2) is 0 Å². The van der Waals surface area contributed by atoms with E-state index in [4.69, 9.17) is 0 Å². The predicted octanol–water partition coefficient (Wildman–Crippen LogP) is 5.24. The smallest absolute Gasteiger partial charge is 0.0537 e. The number of hydrogen-bond donors (Lipinski definition) is 0. The van der Waals surface area contributed by atoms with E-state index in [1.54, 1.807) is 0 Å². The largest absolute Gasteiger partial charge is 0.316 e. The second-order valence-electron chi connectivity index (χ2n) is 4.75. The summed E-state index contributed by atoms with van der Waals surface area (Å²) in [6.45, 7) is 8.12. The molecule has 1 heterocycles. The molecule has 0 aliphatic rings. The second kappa shape index (κ2) is 4.43. The second-order valence-corrected chi connectivity index (χ2v) is 4.75. The molecule has 0 spiro atoms. The van der Waals surface area contributed by atoms with Crippen LogP contribution in [0, 0.1) is 6.92 Å². The van der Waals surface area contributed by atoms with E-state index < -0.39 is 0 Å². The number of benzene rings is 2. The summed E-state index contributed by atoms with van der Waals surface area (Å²) in [5.74, 6) is 0. The number of fused-ring (bicyclic) bond motifs is 3. The molecule has 0 aliphatic heterocycles. The Hall–Kier alpha value is -2.28. The first-order valence-electron chi connectivity index (χ1n) is 6.55. The fourth-order valence-corrected chi connectivity index (χ4v) is 2.81. The van der Waals surface area contributed by atoms with Crippen molar-refractivity contribution in [1.82, 2.24) is 4.57 Å². The number of allylic oxidation sites excluding steroid dienone is 1. The molecule has 0 amide bonds. The Morgan fingerprint density at radius 1 is 1.05 bits per heavy atom. The quantitative estimate of drug-likeness (QED) is 0.584. The van der Waals surface area contributed by atoms with Gasteiger partial charge in [-0.05, 0) is 37.1 Å². The van der Waals surface area contributed by atoms with Gasteiger partial charge in [0.25, 0.3) is 0 Å². The predicted molar refractivity (Wildman–Crippen MR) is 85.3 cm³/mol. The zero-order valence-corrected chi connectivity index (χ0v) is 11.4. The SMILES string of the molecule is C=Cc1ccc2c(c1C)c1ccccc1n2C=CC. The highest BCUT2D eigenvalue weighted by Crippen LogP contribution is 2.33. The van der Waals surface area contributed by atoms with Crippen molar-refractivity contribution in [2.24, 2.45) is 0 Å². The number of para-hydroxylation sites is 1. The van der Waals surface area contributed by atoms with Gasteiger partial charge >= 0.3 is 0 Å². The fourth-order valence-electron chi connectivity index (χ4n) is 2.81. The summed E-state index contributed by atoms with van der Waals surface area (Å²) in [6, 6.07) is 12.9. The van der Waals surface area contributed by atoms with Crippen LogP contribution in [0.3, 0.4) is 0 Å². The van der Waals surface area contributed by atoms with Crippen LogP contribution < -0.4 is 0 Å². The Morgan fingerprint density at radius 3 is 2.58 bits per heavy atom. The molecule has 0 bridgehead atoms. The van der Waals surface area contributed by atoms with E-state index in [9.17, 15) is 0 Å².